The summed E-state index contributed by atoms with van der Waals surface area (Å²) in [6.07, 6.45) is 4.57. The van der Waals surface area contributed by atoms with Crippen molar-refractivity contribution in [1.29, 1.82) is 0 Å². The molecule has 0 bridgehead atoms. The maximum Gasteiger partial charge on any atom is 0.252 e. The minimum Gasteiger partial charge on any atom is -0.387 e. The molecule has 0 aliphatic carbocycles. The number of aliphatic hydroxyl groups is 1. The number of hydrogen-bond donors (Lipinski definition) is 1. The number of nitrogens with zero attached hydrogens (tertiary/aromatic N) is 3. The predicted molar refractivity (Wildman–Crippen MR) is 54.2 cm³/mol. The summed E-state index contributed by atoms with van der Waals surface area (Å²) >= 11 is 0. The van der Waals surface area contributed by atoms with E-state index in [2.05, 4.69) is 22.1 Å². The molecule has 15 heavy (non-hydrogen) atoms. The van der Waals surface area contributed by atoms with Crippen LogP contribution in [0.2, 0.25) is 0 Å². The van der Waals surface area contributed by atoms with Crippen molar-refractivity contribution in [3.63, 3.8) is 0 Å². The highest BCUT2D eigenvalue weighted by atomic mass is 16.5. The Morgan fingerprint density at radius 1 is 1.53 bits per heavy atom. The van der Waals surface area contributed by atoms with Gasteiger partial charge < -0.3 is 14.5 Å². The van der Waals surface area contributed by atoms with Gasteiger partial charge in [-0.15, -0.1) is 0 Å². The van der Waals surface area contributed by atoms with Gasteiger partial charge in [0.15, 0.2) is 5.82 Å². The highest BCUT2D eigenvalue weighted by Crippen LogP contribution is 2.17. The largest absolute Gasteiger partial charge is 0.387 e. The summed E-state index contributed by atoms with van der Waals surface area (Å²) in [5, 5.41) is 12.6. The molecule has 0 aromatic carbocycles. The van der Waals surface area contributed by atoms with E-state index in [9.17, 15) is 0 Å². The molecule has 0 spiro atoms. The number of likely N-dealkylation sites (tertiary alicyclic amines) is 1. The van der Waals surface area contributed by atoms with E-state index in [1.54, 1.807) is 0 Å². The van der Waals surface area contributed by atoms with Crippen molar-refractivity contribution in [2.24, 2.45) is 0 Å². The second-order valence-corrected chi connectivity index (χ2v) is 4.10. The van der Waals surface area contributed by atoms with Gasteiger partial charge in [0.05, 0.1) is 0 Å². The Balaban J connectivity index is 1.95. The molecule has 1 aromatic rings. The van der Waals surface area contributed by atoms with E-state index in [1.165, 1.54) is 19.3 Å². The van der Waals surface area contributed by atoms with E-state index >= 15 is 0 Å². The van der Waals surface area contributed by atoms with Crippen LogP contribution < -0.4 is 0 Å². The van der Waals surface area contributed by atoms with Gasteiger partial charge in [-0.25, -0.2) is 0 Å². The highest BCUT2D eigenvalue weighted by Gasteiger charge is 2.21. The summed E-state index contributed by atoms with van der Waals surface area (Å²) in [5.74, 6) is 1.02. The molecule has 2 heterocycles. The summed E-state index contributed by atoms with van der Waals surface area (Å²) in [7, 11) is 2.14. The first kappa shape index (κ1) is 10.6. The minimum atomic E-state index is -0.173. The van der Waals surface area contributed by atoms with Crippen LogP contribution in [0.5, 0.6) is 0 Å². The Kier molecular flexibility index (Phi) is 3.33. The molecule has 2 rings (SSSR count). The lowest BCUT2D eigenvalue weighted by Crippen LogP contribution is -2.37. The molecule has 0 amide bonds. The molecule has 1 unspecified atom stereocenters. The number of likely N-dealkylation sites (N-methyl/N-ethyl adjacent to an activating group) is 1. The van der Waals surface area contributed by atoms with Gasteiger partial charge in [-0.3, -0.25) is 0 Å². The van der Waals surface area contributed by atoms with Crippen molar-refractivity contribution in [3.05, 3.63) is 11.7 Å². The van der Waals surface area contributed by atoms with Gasteiger partial charge in [0.25, 0.3) is 5.89 Å². The highest BCUT2D eigenvalue weighted by molar-refractivity contribution is 4.90. The summed E-state index contributed by atoms with van der Waals surface area (Å²) in [5.41, 5.74) is 0. The van der Waals surface area contributed by atoms with Crippen molar-refractivity contribution < 1.29 is 9.63 Å². The van der Waals surface area contributed by atoms with Gasteiger partial charge in [-0.05, 0) is 26.4 Å². The van der Waals surface area contributed by atoms with Gasteiger partial charge in [-0.2, -0.15) is 4.98 Å². The Morgan fingerprint density at radius 2 is 2.40 bits per heavy atom. The molecule has 1 aromatic heterocycles. The third kappa shape index (κ3) is 2.54. The van der Waals surface area contributed by atoms with Gasteiger partial charge in [0.1, 0.15) is 6.61 Å². The van der Waals surface area contributed by atoms with E-state index in [4.69, 9.17) is 9.63 Å². The van der Waals surface area contributed by atoms with Crippen molar-refractivity contribution in [1.82, 2.24) is 15.0 Å². The second kappa shape index (κ2) is 4.72. The second-order valence-electron chi connectivity index (χ2n) is 4.10. The topological polar surface area (TPSA) is 62.4 Å². The normalized spacial score (nSPS) is 23.2. The molecular weight excluding hydrogens is 194 g/mol. The molecule has 1 fully saturated rings. The quantitative estimate of drug-likeness (QED) is 0.792. The molecule has 1 saturated heterocycles. The zero-order valence-corrected chi connectivity index (χ0v) is 9.02. The molecule has 5 heteroatoms. The molecular formula is C10H17N3O2. The van der Waals surface area contributed by atoms with E-state index in [0.717, 1.165) is 13.0 Å². The van der Waals surface area contributed by atoms with Gasteiger partial charge in [-0.1, -0.05) is 11.6 Å². The van der Waals surface area contributed by atoms with Crippen molar-refractivity contribution in [2.75, 3.05) is 13.6 Å². The summed E-state index contributed by atoms with van der Waals surface area (Å²) < 4.78 is 4.86. The van der Waals surface area contributed by atoms with Crippen LogP contribution >= 0.6 is 0 Å². The fourth-order valence-corrected chi connectivity index (χ4v) is 2.05. The van der Waals surface area contributed by atoms with Crippen LogP contribution in [-0.4, -0.2) is 39.8 Å². The standard InChI is InChI=1S/C10H17N3O2/c1-13-5-3-2-4-8(13)6-9-11-10(7-14)15-12-9/h8,14H,2-7H2,1H3. The number of hydrogen-bond acceptors (Lipinski definition) is 5. The average molecular weight is 211 g/mol. The maximum atomic E-state index is 8.80. The van der Waals surface area contributed by atoms with Crippen molar-refractivity contribution >= 4 is 0 Å². The number of aromatic nitrogens is 2. The van der Waals surface area contributed by atoms with E-state index in [0.29, 0.717) is 17.8 Å². The Hall–Kier alpha value is -0.940. The van der Waals surface area contributed by atoms with E-state index < -0.39 is 0 Å². The van der Waals surface area contributed by atoms with Crippen molar-refractivity contribution in [2.45, 2.75) is 38.3 Å². The lowest BCUT2D eigenvalue weighted by molar-refractivity contribution is 0.181. The molecule has 1 aliphatic rings. The molecule has 1 aliphatic heterocycles. The summed E-state index contributed by atoms with van der Waals surface area (Å²) in [4.78, 5) is 6.45. The molecule has 0 radical (unpaired) electrons. The predicted octanol–water partition coefficient (Wildman–Crippen LogP) is 0.589. The zero-order valence-electron chi connectivity index (χ0n) is 9.02. The SMILES string of the molecule is CN1CCCCC1Cc1noc(CO)n1. The summed E-state index contributed by atoms with van der Waals surface area (Å²) in [6, 6.07) is 0.517. The van der Waals surface area contributed by atoms with Gasteiger partial charge in [0.2, 0.25) is 0 Å². The number of rotatable bonds is 3. The molecule has 5 nitrogen and oxygen atoms in total. The molecule has 84 valence electrons. The van der Waals surface area contributed by atoms with Crippen LogP contribution in [0.25, 0.3) is 0 Å². The molecule has 1 N–H and O–H groups in total. The minimum absolute atomic E-state index is 0.173. The lowest BCUT2D eigenvalue weighted by Gasteiger charge is -2.31. The third-order valence-corrected chi connectivity index (χ3v) is 2.99. The number of piperidine rings is 1. The van der Waals surface area contributed by atoms with E-state index in [1.807, 2.05) is 0 Å². The van der Waals surface area contributed by atoms with Crippen LogP contribution in [0.1, 0.15) is 31.0 Å². The fourth-order valence-electron chi connectivity index (χ4n) is 2.05. The fraction of sp³-hybridized carbons (Fsp3) is 0.800. The van der Waals surface area contributed by atoms with Crippen molar-refractivity contribution in [3.8, 4) is 0 Å². The lowest BCUT2D eigenvalue weighted by atomic mass is 10.00. The smallest absolute Gasteiger partial charge is 0.252 e. The first-order valence-corrected chi connectivity index (χ1v) is 5.42. The van der Waals surface area contributed by atoms with Gasteiger partial charge in [0, 0.05) is 12.5 Å². The van der Waals surface area contributed by atoms with Crippen LogP contribution in [-0.2, 0) is 13.0 Å². The molecule has 1 atom stereocenters. The van der Waals surface area contributed by atoms with E-state index in [-0.39, 0.29) is 6.61 Å². The third-order valence-electron chi connectivity index (χ3n) is 2.99. The maximum absolute atomic E-state index is 8.80. The monoisotopic (exact) mass is 211 g/mol. The Bertz CT molecular complexity index is 313. The van der Waals surface area contributed by atoms with Crippen LogP contribution in [0.3, 0.4) is 0 Å². The van der Waals surface area contributed by atoms with Gasteiger partial charge >= 0.3 is 0 Å². The Morgan fingerprint density at radius 3 is 3.07 bits per heavy atom. The van der Waals surface area contributed by atoms with Crippen LogP contribution in [0.4, 0.5) is 0 Å². The first-order chi connectivity index (χ1) is 7.29. The zero-order chi connectivity index (χ0) is 10.7. The number of aliphatic hydroxyl groups excluding tert-OH is 1. The Labute approximate surface area is 89.1 Å². The van der Waals surface area contributed by atoms with Crippen LogP contribution in [0, 0.1) is 0 Å². The summed E-state index contributed by atoms with van der Waals surface area (Å²) in [6.45, 7) is 0.975. The average Bonchev–Trinajstić information content (AvgIpc) is 2.69. The first-order valence-electron chi connectivity index (χ1n) is 5.42. The van der Waals surface area contributed by atoms with Crippen LogP contribution in [0.15, 0.2) is 4.52 Å². The molecule has 0 saturated carbocycles.